The van der Waals surface area contributed by atoms with Crippen molar-refractivity contribution in [3.8, 4) is 11.3 Å². The Hall–Kier alpha value is -3.05. The lowest BCUT2D eigenvalue weighted by Crippen LogP contribution is -2.14. The van der Waals surface area contributed by atoms with Gasteiger partial charge in [0.05, 0.1) is 11.4 Å². The summed E-state index contributed by atoms with van der Waals surface area (Å²) in [5.41, 5.74) is 4.61. The number of pyridine rings is 1. The van der Waals surface area contributed by atoms with E-state index >= 15 is 0 Å². The van der Waals surface area contributed by atoms with E-state index in [0.29, 0.717) is 10.7 Å². The Labute approximate surface area is 148 Å². The molecule has 0 aliphatic rings. The van der Waals surface area contributed by atoms with Gasteiger partial charge in [-0.2, -0.15) is 0 Å². The van der Waals surface area contributed by atoms with Crippen molar-refractivity contribution in [1.82, 2.24) is 14.4 Å². The summed E-state index contributed by atoms with van der Waals surface area (Å²) in [4.78, 5) is 22.0. The van der Waals surface area contributed by atoms with Gasteiger partial charge >= 0.3 is 0 Å². The highest BCUT2D eigenvalue weighted by Crippen LogP contribution is 2.26. The summed E-state index contributed by atoms with van der Waals surface area (Å²) in [7, 11) is 0. The minimum atomic E-state index is -0.0738. The quantitative estimate of drug-likeness (QED) is 0.556. The smallest absolute Gasteiger partial charge is 0.259 e. The molecule has 5 heteroatoms. The Morgan fingerprint density at radius 3 is 2.80 bits per heavy atom. The molecule has 0 aliphatic carbocycles. The second kappa shape index (κ2) is 6.45. The van der Waals surface area contributed by atoms with E-state index in [-0.39, 0.29) is 5.56 Å². The molecule has 4 rings (SSSR count). The fourth-order valence-electron chi connectivity index (χ4n) is 2.73. The van der Waals surface area contributed by atoms with Crippen LogP contribution in [0.2, 0.25) is 0 Å². The van der Waals surface area contributed by atoms with Crippen LogP contribution in [0.3, 0.4) is 0 Å². The van der Waals surface area contributed by atoms with Crippen molar-refractivity contribution >= 4 is 28.4 Å². The zero-order valence-corrected chi connectivity index (χ0v) is 14.4. The van der Waals surface area contributed by atoms with E-state index in [2.05, 4.69) is 9.97 Å². The second-order valence-electron chi connectivity index (χ2n) is 5.69. The Kier molecular flexibility index (Phi) is 3.99. The maximum Gasteiger partial charge on any atom is 0.259 e. The molecule has 122 valence electrons. The first-order valence-electron chi connectivity index (χ1n) is 7.88. The Bertz CT molecular complexity index is 1130. The standard InChI is InChI=1S/C20H15N3OS/c1-14-5-2-3-7-17(14)18-13-25-20-22-16(11-19(24)23(18)20)9-8-15-6-4-10-21-12-15/h2-13H,1H3. The summed E-state index contributed by atoms with van der Waals surface area (Å²) in [6.45, 7) is 2.04. The molecule has 0 fully saturated rings. The molecule has 0 aliphatic heterocycles. The average Bonchev–Trinajstić information content (AvgIpc) is 3.06. The van der Waals surface area contributed by atoms with Gasteiger partial charge in [-0.1, -0.05) is 36.4 Å². The SMILES string of the molecule is Cc1ccccc1-c1csc2nc(C=Cc3cccnc3)cc(=O)n12. The Morgan fingerprint density at radius 1 is 1.12 bits per heavy atom. The number of rotatable bonds is 3. The van der Waals surface area contributed by atoms with E-state index < -0.39 is 0 Å². The van der Waals surface area contributed by atoms with E-state index in [1.165, 1.54) is 11.3 Å². The van der Waals surface area contributed by atoms with E-state index in [9.17, 15) is 4.79 Å². The van der Waals surface area contributed by atoms with E-state index in [1.54, 1.807) is 22.9 Å². The summed E-state index contributed by atoms with van der Waals surface area (Å²) < 4.78 is 1.68. The van der Waals surface area contributed by atoms with E-state index in [0.717, 1.165) is 22.4 Å². The van der Waals surface area contributed by atoms with Crippen LogP contribution >= 0.6 is 11.3 Å². The molecule has 0 radical (unpaired) electrons. The van der Waals surface area contributed by atoms with Crippen LogP contribution in [0.25, 0.3) is 28.4 Å². The van der Waals surface area contributed by atoms with Crippen LogP contribution in [0.1, 0.15) is 16.8 Å². The molecule has 0 saturated heterocycles. The summed E-state index contributed by atoms with van der Waals surface area (Å²) in [6, 6.07) is 13.4. The predicted molar refractivity (Wildman–Crippen MR) is 103 cm³/mol. The van der Waals surface area contributed by atoms with Gasteiger partial charge < -0.3 is 0 Å². The highest BCUT2D eigenvalue weighted by atomic mass is 32.1. The fourth-order valence-corrected chi connectivity index (χ4v) is 3.63. The first kappa shape index (κ1) is 15.5. The highest BCUT2D eigenvalue weighted by molar-refractivity contribution is 7.15. The summed E-state index contributed by atoms with van der Waals surface area (Å²) in [6.07, 6.45) is 7.24. The molecule has 1 aromatic carbocycles. The van der Waals surface area contributed by atoms with Crippen LogP contribution < -0.4 is 5.56 Å². The molecule has 0 amide bonds. The van der Waals surface area contributed by atoms with Gasteiger partial charge in [-0.3, -0.25) is 14.2 Å². The third kappa shape index (κ3) is 3.02. The third-order valence-electron chi connectivity index (χ3n) is 3.98. The van der Waals surface area contributed by atoms with Crippen LogP contribution in [0.15, 0.2) is 65.0 Å². The van der Waals surface area contributed by atoms with Crippen LogP contribution in [0.5, 0.6) is 0 Å². The molecular weight excluding hydrogens is 330 g/mol. The van der Waals surface area contributed by atoms with Crippen molar-refractivity contribution < 1.29 is 0 Å². The van der Waals surface area contributed by atoms with E-state index in [1.807, 2.05) is 60.9 Å². The molecule has 0 atom stereocenters. The number of benzene rings is 1. The lowest BCUT2D eigenvalue weighted by molar-refractivity contribution is 1.07. The first-order chi connectivity index (χ1) is 12.2. The Morgan fingerprint density at radius 2 is 2.00 bits per heavy atom. The maximum absolute atomic E-state index is 12.7. The molecule has 4 aromatic rings. The molecule has 3 heterocycles. The normalized spacial score (nSPS) is 11.4. The molecule has 0 unspecified atom stereocenters. The topological polar surface area (TPSA) is 47.3 Å². The largest absolute Gasteiger partial charge is 0.269 e. The highest BCUT2D eigenvalue weighted by Gasteiger charge is 2.11. The summed E-state index contributed by atoms with van der Waals surface area (Å²) in [5, 5.41) is 1.99. The second-order valence-corrected chi connectivity index (χ2v) is 6.53. The van der Waals surface area contributed by atoms with Gasteiger partial charge in [-0.25, -0.2) is 4.98 Å². The molecule has 0 saturated carbocycles. The number of aryl methyl sites for hydroxylation is 1. The lowest BCUT2D eigenvalue weighted by Gasteiger charge is -2.05. The third-order valence-corrected chi connectivity index (χ3v) is 4.80. The molecule has 3 aromatic heterocycles. The minimum absolute atomic E-state index is 0.0738. The number of hydrogen-bond donors (Lipinski definition) is 0. The molecule has 4 nitrogen and oxygen atoms in total. The van der Waals surface area contributed by atoms with Crippen molar-refractivity contribution in [2.75, 3.05) is 0 Å². The number of fused-ring (bicyclic) bond motifs is 1. The fraction of sp³-hybridized carbons (Fsp3) is 0.0500. The van der Waals surface area contributed by atoms with Gasteiger partial charge in [-0.15, -0.1) is 11.3 Å². The monoisotopic (exact) mass is 345 g/mol. The molecular formula is C20H15N3OS. The number of thiazole rings is 1. The van der Waals surface area contributed by atoms with Crippen molar-refractivity contribution in [3.05, 3.63) is 87.4 Å². The van der Waals surface area contributed by atoms with Gasteiger partial charge in [0.1, 0.15) is 0 Å². The van der Waals surface area contributed by atoms with Crippen LogP contribution in [0.4, 0.5) is 0 Å². The molecule has 25 heavy (non-hydrogen) atoms. The summed E-state index contributed by atoms with van der Waals surface area (Å²) in [5.74, 6) is 0. The van der Waals surface area contributed by atoms with Crippen LogP contribution in [0, 0.1) is 6.92 Å². The number of hydrogen-bond acceptors (Lipinski definition) is 4. The molecule has 0 N–H and O–H groups in total. The Balaban J connectivity index is 1.79. The van der Waals surface area contributed by atoms with Crippen molar-refractivity contribution in [2.45, 2.75) is 6.92 Å². The van der Waals surface area contributed by atoms with Crippen LogP contribution in [-0.2, 0) is 0 Å². The van der Waals surface area contributed by atoms with Crippen LogP contribution in [-0.4, -0.2) is 14.4 Å². The number of nitrogens with zero attached hydrogens (tertiary/aromatic N) is 3. The average molecular weight is 345 g/mol. The van der Waals surface area contributed by atoms with Gasteiger partial charge in [0.15, 0.2) is 4.96 Å². The lowest BCUT2D eigenvalue weighted by atomic mass is 10.1. The van der Waals surface area contributed by atoms with Gasteiger partial charge in [0, 0.05) is 29.4 Å². The van der Waals surface area contributed by atoms with E-state index in [4.69, 9.17) is 0 Å². The number of aromatic nitrogens is 3. The predicted octanol–water partition coefficient (Wildman–Crippen LogP) is 4.30. The van der Waals surface area contributed by atoms with Crippen molar-refractivity contribution in [2.24, 2.45) is 0 Å². The first-order valence-corrected chi connectivity index (χ1v) is 8.76. The van der Waals surface area contributed by atoms with Crippen molar-refractivity contribution in [3.63, 3.8) is 0 Å². The zero-order valence-electron chi connectivity index (χ0n) is 13.6. The zero-order chi connectivity index (χ0) is 17.2. The minimum Gasteiger partial charge on any atom is -0.269 e. The van der Waals surface area contributed by atoms with Gasteiger partial charge in [0.25, 0.3) is 5.56 Å². The van der Waals surface area contributed by atoms with Gasteiger partial charge in [-0.05, 0) is 30.2 Å². The maximum atomic E-state index is 12.7. The van der Waals surface area contributed by atoms with Crippen molar-refractivity contribution in [1.29, 1.82) is 0 Å². The molecule has 0 spiro atoms. The van der Waals surface area contributed by atoms with Gasteiger partial charge in [0.2, 0.25) is 0 Å². The molecule has 0 bridgehead atoms. The summed E-state index contributed by atoms with van der Waals surface area (Å²) >= 11 is 1.47.